The fourth-order valence-corrected chi connectivity index (χ4v) is 2.33. The number of benzene rings is 1. The van der Waals surface area contributed by atoms with Gasteiger partial charge in [0, 0.05) is 18.2 Å². The molecule has 0 saturated heterocycles. The maximum absolute atomic E-state index is 12.8. The monoisotopic (exact) mass is 343 g/mol. The van der Waals surface area contributed by atoms with Crippen molar-refractivity contribution in [2.45, 2.75) is 34.1 Å². The lowest BCUT2D eigenvalue weighted by molar-refractivity contribution is -0.117. The van der Waals surface area contributed by atoms with Crippen LogP contribution in [0, 0.1) is 19.8 Å². The minimum Gasteiger partial charge on any atom is -0.360 e. The molecule has 0 unspecified atom stereocenters. The van der Waals surface area contributed by atoms with Gasteiger partial charge in [0.25, 0.3) is 5.91 Å². The van der Waals surface area contributed by atoms with Gasteiger partial charge in [-0.25, -0.2) is 0 Å². The van der Waals surface area contributed by atoms with Crippen LogP contribution in [0.4, 0.5) is 5.82 Å². The first-order chi connectivity index (χ1) is 11.8. The Morgan fingerprint density at radius 2 is 1.88 bits per heavy atom. The van der Waals surface area contributed by atoms with Crippen molar-refractivity contribution in [3.63, 3.8) is 0 Å². The molecule has 0 aliphatic carbocycles. The number of carbonyl (C=O) groups is 2. The number of aromatic nitrogens is 1. The van der Waals surface area contributed by atoms with Gasteiger partial charge in [0.1, 0.15) is 12.3 Å². The highest BCUT2D eigenvalue weighted by Gasteiger charge is 2.19. The summed E-state index contributed by atoms with van der Waals surface area (Å²) in [5.74, 6) is 0.969. The number of hydrogen-bond donors (Lipinski definition) is 1. The summed E-state index contributed by atoms with van der Waals surface area (Å²) >= 11 is 0. The molecule has 6 heteroatoms. The molecular weight excluding hydrogens is 318 g/mol. The van der Waals surface area contributed by atoms with Gasteiger partial charge in [0.2, 0.25) is 5.91 Å². The Morgan fingerprint density at radius 3 is 2.44 bits per heavy atom. The Hall–Kier alpha value is -2.63. The van der Waals surface area contributed by atoms with Gasteiger partial charge in [-0.2, -0.15) is 0 Å². The molecule has 0 radical (unpaired) electrons. The smallest absolute Gasteiger partial charge is 0.254 e. The molecule has 1 heterocycles. The molecule has 6 nitrogen and oxygen atoms in total. The van der Waals surface area contributed by atoms with E-state index in [0.717, 1.165) is 12.0 Å². The standard InChI is InChI=1S/C19H25N3O3/c1-13(2)9-10-22(19(24)16-7-5-14(3)6-8-16)12-18(23)20-17-11-15(4)25-21-17/h5-8,11,13H,9-10,12H2,1-4H3,(H,20,21,23). The van der Waals surface area contributed by atoms with Crippen LogP contribution in [-0.4, -0.2) is 35.0 Å². The Balaban J connectivity index is 2.07. The van der Waals surface area contributed by atoms with Gasteiger partial charge < -0.3 is 14.7 Å². The van der Waals surface area contributed by atoms with E-state index >= 15 is 0 Å². The van der Waals surface area contributed by atoms with Gasteiger partial charge >= 0.3 is 0 Å². The van der Waals surface area contributed by atoms with Gasteiger partial charge in [-0.3, -0.25) is 9.59 Å². The largest absolute Gasteiger partial charge is 0.360 e. The molecule has 2 amide bonds. The second kappa shape index (κ2) is 8.46. The lowest BCUT2D eigenvalue weighted by atomic mass is 10.1. The molecule has 2 aromatic rings. The molecule has 0 aliphatic heterocycles. The summed E-state index contributed by atoms with van der Waals surface area (Å²) in [4.78, 5) is 26.6. The first-order valence-electron chi connectivity index (χ1n) is 8.44. The molecule has 1 N–H and O–H groups in total. The SMILES string of the molecule is Cc1ccc(C(=O)N(CCC(C)C)CC(=O)Nc2cc(C)on2)cc1. The Bertz CT molecular complexity index is 720. The van der Waals surface area contributed by atoms with Crippen LogP contribution in [0.3, 0.4) is 0 Å². The number of nitrogens with one attached hydrogen (secondary N) is 1. The van der Waals surface area contributed by atoms with Gasteiger partial charge in [-0.15, -0.1) is 0 Å². The van der Waals surface area contributed by atoms with Crippen LogP contribution in [0.2, 0.25) is 0 Å². The minimum atomic E-state index is -0.294. The maximum Gasteiger partial charge on any atom is 0.254 e. The van der Waals surface area contributed by atoms with E-state index in [1.807, 2.05) is 19.1 Å². The molecule has 0 aliphatic rings. The quantitative estimate of drug-likeness (QED) is 0.836. The third-order valence-corrected chi connectivity index (χ3v) is 3.79. The molecule has 0 saturated carbocycles. The van der Waals surface area contributed by atoms with Crippen molar-refractivity contribution in [3.8, 4) is 0 Å². The van der Waals surface area contributed by atoms with Crippen molar-refractivity contribution < 1.29 is 14.1 Å². The zero-order valence-corrected chi connectivity index (χ0v) is 15.2. The number of nitrogens with zero attached hydrogens (tertiary/aromatic N) is 2. The van der Waals surface area contributed by atoms with E-state index in [9.17, 15) is 9.59 Å². The van der Waals surface area contributed by atoms with Gasteiger partial charge in [-0.1, -0.05) is 36.7 Å². The molecule has 134 valence electrons. The van der Waals surface area contributed by atoms with Crippen LogP contribution >= 0.6 is 0 Å². The third kappa shape index (κ3) is 5.74. The van der Waals surface area contributed by atoms with E-state index in [4.69, 9.17) is 4.52 Å². The van der Waals surface area contributed by atoms with Gasteiger partial charge in [0.15, 0.2) is 5.82 Å². The lowest BCUT2D eigenvalue weighted by Crippen LogP contribution is -2.39. The molecule has 25 heavy (non-hydrogen) atoms. The van der Waals surface area contributed by atoms with Crippen molar-refractivity contribution in [2.24, 2.45) is 5.92 Å². The summed E-state index contributed by atoms with van der Waals surface area (Å²) in [6, 6.07) is 9.01. The van der Waals surface area contributed by atoms with E-state index in [1.165, 1.54) is 0 Å². The summed E-state index contributed by atoms with van der Waals surface area (Å²) in [6.45, 7) is 8.40. The number of anilines is 1. The topological polar surface area (TPSA) is 75.4 Å². The molecule has 0 atom stereocenters. The number of amides is 2. The van der Waals surface area contributed by atoms with Crippen LogP contribution in [0.5, 0.6) is 0 Å². The average molecular weight is 343 g/mol. The van der Waals surface area contributed by atoms with Crippen molar-refractivity contribution in [1.29, 1.82) is 0 Å². The number of carbonyl (C=O) groups excluding carboxylic acids is 2. The van der Waals surface area contributed by atoms with E-state index < -0.39 is 0 Å². The lowest BCUT2D eigenvalue weighted by Gasteiger charge is -2.23. The van der Waals surface area contributed by atoms with E-state index in [0.29, 0.717) is 29.6 Å². The summed E-state index contributed by atoms with van der Waals surface area (Å²) in [5.41, 5.74) is 1.67. The fraction of sp³-hybridized carbons (Fsp3) is 0.421. The zero-order valence-electron chi connectivity index (χ0n) is 15.2. The summed E-state index contributed by atoms with van der Waals surface area (Å²) in [6.07, 6.45) is 0.827. The Labute approximate surface area is 148 Å². The molecular formula is C19H25N3O3. The first-order valence-corrected chi connectivity index (χ1v) is 8.44. The second-order valence-corrected chi connectivity index (χ2v) is 6.65. The van der Waals surface area contributed by atoms with Crippen molar-refractivity contribution in [2.75, 3.05) is 18.4 Å². The fourth-order valence-electron chi connectivity index (χ4n) is 2.33. The predicted octanol–water partition coefficient (Wildman–Crippen LogP) is 3.42. The van der Waals surface area contributed by atoms with Crippen molar-refractivity contribution in [3.05, 3.63) is 47.2 Å². The van der Waals surface area contributed by atoms with Crippen LogP contribution in [0.25, 0.3) is 0 Å². The van der Waals surface area contributed by atoms with Crippen molar-refractivity contribution in [1.82, 2.24) is 10.1 Å². The first kappa shape index (κ1) is 18.7. The van der Waals surface area contributed by atoms with Crippen LogP contribution in [-0.2, 0) is 4.79 Å². The minimum absolute atomic E-state index is 0.0225. The second-order valence-electron chi connectivity index (χ2n) is 6.65. The van der Waals surface area contributed by atoms with Crippen LogP contribution in [0.15, 0.2) is 34.9 Å². The highest BCUT2D eigenvalue weighted by atomic mass is 16.5. The third-order valence-electron chi connectivity index (χ3n) is 3.79. The highest BCUT2D eigenvalue weighted by molar-refractivity contribution is 5.99. The molecule has 2 rings (SSSR count). The van der Waals surface area contributed by atoms with E-state index in [-0.39, 0.29) is 18.4 Å². The Morgan fingerprint density at radius 1 is 1.20 bits per heavy atom. The predicted molar refractivity (Wildman–Crippen MR) is 96.4 cm³/mol. The maximum atomic E-state index is 12.8. The molecule has 0 bridgehead atoms. The van der Waals surface area contributed by atoms with E-state index in [2.05, 4.69) is 24.3 Å². The molecule has 1 aromatic heterocycles. The van der Waals surface area contributed by atoms with Crippen LogP contribution in [0.1, 0.15) is 41.9 Å². The Kier molecular flexibility index (Phi) is 6.33. The van der Waals surface area contributed by atoms with Gasteiger partial charge in [-0.05, 0) is 38.3 Å². The number of rotatable bonds is 7. The molecule has 0 fully saturated rings. The number of aryl methyl sites for hydroxylation is 2. The highest BCUT2D eigenvalue weighted by Crippen LogP contribution is 2.11. The summed E-state index contributed by atoms with van der Waals surface area (Å²) in [5, 5.41) is 6.40. The molecule has 0 spiro atoms. The summed E-state index contributed by atoms with van der Waals surface area (Å²) < 4.78 is 4.93. The van der Waals surface area contributed by atoms with Crippen molar-refractivity contribution >= 4 is 17.6 Å². The number of hydrogen-bond acceptors (Lipinski definition) is 4. The normalized spacial score (nSPS) is 10.8. The average Bonchev–Trinajstić information content (AvgIpc) is 2.96. The molecule has 1 aromatic carbocycles. The zero-order chi connectivity index (χ0) is 18.4. The van der Waals surface area contributed by atoms with Gasteiger partial charge in [0.05, 0.1) is 0 Å². The van der Waals surface area contributed by atoms with E-state index in [1.54, 1.807) is 30.0 Å². The van der Waals surface area contributed by atoms with Crippen LogP contribution < -0.4 is 5.32 Å². The summed E-state index contributed by atoms with van der Waals surface area (Å²) in [7, 11) is 0.